The van der Waals surface area contributed by atoms with Crippen LogP contribution in [0.3, 0.4) is 0 Å². The Balaban J connectivity index is 1.66. The first-order valence-corrected chi connectivity index (χ1v) is 9.78. The predicted molar refractivity (Wildman–Crippen MR) is 100 cm³/mol. The molecule has 26 heavy (non-hydrogen) atoms. The number of piperazine rings is 1. The zero-order chi connectivity index (χ0) is 18.9. The van der Waals surface area contributed by atoms with E-state index in [1.807, 2.05) is 26.8 Å². The first kappa shape index (κ1) is 19.0. The molecule has 0 radical (unpaired) electrons. The lowest BCUT2D eigenvalue weighted by Crippen LogP contribution is -2.50. The Hall–Kier alpha value is -1.77. The standard InChI is InChI=1S/C17H21ClN4O3S/c1-17(2,3)25-16(23)21-6-8-22(9-7-21)26(24)15-5-4-12-11-19-14(18)10-13(12)20-15/h4-5,10-11H,6-9H2,1-3H3. The van der Waals surface area contributed by atoms with E-state index < -0.39 is 16.6 Å². The van der Waals surface area contributed by atoms with Gasteiger partial charge in [0.25, 0.3) is 0 Å². The molecule has 3 heterocycles. The fourth-order valence-corrected chi connectivity index (χ4v) is 3.84. The number of aromatic nitrogens is 2. The normalized spacial score (nSPS) is 17.3. The highest BCUT2D eigenvalue weighted by Gasteiger charge is 2.28. The summed E-state index contributed by atoms with van der Waals surface area (Å²) in [4.78, 5) is 22.2. The first-order chi connectivity index (χ1) is 12.2. The number of rotatable bonds is 2. The fourth-order valence-electron chi connectivity index (χ4n) is 2.57. The molecule has 0 N–H and O–H groups in total. The van der Waals surface area contributed by atoms with Crippen LogP contribution in [-0.2, 0) is 15.7 Å². The van der Waals surface area contributed by atoms with Crippen LogP contribution in [0.15, 0.2) is 29.4 Å². The van der Waals surface area contributed by atoms with E-state index in [-0.39, 0.29) is 6.09 Å². The van der Waals surface area contributed by atoms with E-state index in [2.05, 4.69) is 9.97 Å². The van der Waals surface area contributed by atoms with Crippen LogP contribution < -0.4 is 0 Å². The van der Waals surface area contributed by atoms with E-state index in [9.17, 15) is 9.00 Å². The van der Waals surface area contributed by atoms with Crippen molar-refractivity contribution in [1.29, 1.82) is 0 Å². The topological polar surface area (TPSA) is 75.6 Å². The molecule has 1 aliphatic rings. The molecule has 0 saturated carbocycles. The molecule has 2 aromatic rings. The number of carbonyl (C=O) groups excluding carboxylic acids is 1. The van der Waals surface area contributed by atoms with Crippen molar-refractivity contribution in [3.05, 3.63) is 29.5 Å². The average Bonchev–Trinajstić information content (AvgIpc) is 2.59. The summed E-state index contributed by atoms with van der Waals surface area (Å²) in [6.45, 7) is 7.41. The molecule has 0 bridgehead atoms. The highest BCUT2D eigenvalue weighted by atomic mass is 35.5. The second-order valence-corrected chi connectivity index (χ2v) is 8.82. The molecule has 1 unspecified atom stereocenters. The van der Waals surface area contributed by atoms with Crippen molar-refractivity contribution in [2.45, 2.75) is 31.4 Å². The van der Waals surface area contributed by atoms with Crippen LogP contribution in [0.5, 0.6) is 0 Å². The second kappa shape index (κ2) is 7.46. The molecule has 1 saturated heterocycles. The van der Waals surface area contributed by atoms with E-state index in [1.165, 1.54) is 0 Å². The maximum atomic E-state index is 12.8. The van der Waals surface area contributed by atoms with Gasteiger partial charge in [-0.25, -0.2) is 23.3 Å². The fraction of sp³-hybridized carbons (Fsp3) is 0.471. The smallest absolute Gasteiger partial charge is 0.410 e. The Kier molecular flexibility index (Phi) is 5.45. The maximum Gasteiger partial charge on any atom is 0.410 e. The van der Waals surface area contributed by atoms with Gasteiger partial charge in [-0.15, -0.1) is 0 Å². The molecule has 0 aliphatic carbocycles. The van der Waals surface area contributed by atoms with Crippen LogP contribution in [-0.4, -0.2) is 61.3 Å². The van der Waals surface area contributed by atoms with Crippen molar-refractivity contribution in [2.75, 3.05) is 26.2 Å². The third-order valence-electron chi connectivity index (χ3n) is 3.82. The second-order valence-electron chi connectivity index (χ2n) is 6.99. The van der Waals surface area contributed by atoms with Crippen molar-refractivity contribution in [3.8, 4) is 0 Å². The molecule has 1 aliphatic heterocycles. The number of hydrogen-bond donors (Lipinski definition) is 0. The molecule has 1 atom stereocenters. The molecule has 2 aromatic heterocycles. The Morgan fingerprint density at radius 2 is 1.92 bits per heavy atom. The SMILES string of the molecule is CC(C)(C)OC(=O)N1CCN(S(=O)c2ccc3cnc(Cl)cc3n2)CC1. The molecular formula is C17H21ClN4O3S. The van der Waals surface area contributed by atoms with Crippen molar-refractivity contribution in [3.63, 3.8) is 0 Å². The maximum absolute atomic E-state index is 12.8. The van der Waals surface area contributed by atoms with Crippen LogP contribution in [0.25, 0.3) is 10.9 Å². The molecule has 9 heteroatoms. The number of pyridine rings is 2. The Morgan fingerprint density at radius 1 is 1.23 bits per heavy atom. The molecule has 3 rings (SSSR count). The summed E-state index contributed by atoms with van der Waals surface area (Å²) < 4.78 is 20.0. The minimum Gasteiger partial charge on any atom is -0.444 e. The van der Waals surface area contributed by atoms with Crippen LogP contribution in [0.1, 0.15) is 20.8 Å². The summed E-state index contributed by atoms with van der Waals surface area (Å²) in [5.74, 6) is 0. The largest absolute Gasteiger partial charge is 0.444 e. The Morgan fingerprint density at radius 3 is 2.58 bits per heavy atom. The Bertz CT molecular complexity index is 848. The molecule has 7 nitrogen and oxygen atoms in total. The number of halogens is 1. The predicted octanol–water partition coefficient (Wildman–Crippen LogP) is 2.86. The van der Waals surface area contributed by atoms with Crippen LogP contribution in [0, 0.1) is 0 Å². The lowest BCUT2D eigenvalue weighted by molar-refractivity contribution is 0.0195. The average molecular weight is 397 g/mol. The van der Waals surface area contributed by atoms with Crippen molar-refractivity contribution < 1.29 is 13.7 Å². The summed E-state index contributed by atoms with van der Waals surface area (Å²) >= 11 is 5.90. The zero-order valence-electron chi connectivity index (χ0n) is 14.9. The lowest BCUT2D eigenvalue weighted by Gasteiger charge is -2.34. The first-order valence-electron chi connectivity index (χ1n) is 8.30. The molecule has 140 valence electrons. The van der Waals surface area contributed by atoms with Gasteiger partial charge in [0.15, 0.2) is 0 Å². The quantitative estimate of drug-likeness (QED) is 0.729. The highest BCUT2D eigenvalue weighted by Crippen LogP contribution is 2.19. The third kappa shape index (κ3) is 4.49. The molecular weight excluding hydrogens is 376 g/mol. The number of carbonyl (C=O) groups is 1. The van der Waals surface area contributed by atoms with Crippen LogP contribution in [0.2, 0.25) is 5.15 Å². The molecule has 1 fully saturated rings. The number of ether oxygens (including phenoxy) is 1. The molecule has 0 aromatic carbocycles. The van der Waals surface area contributed by atoms with Crippen molar-refractivity contribution in [2.24, 2.45) is 0 Å². The van der Waals surface area contributed by atoms with Crippen molar-refractivity contribution in [1.82, 2.24) is 19.2 Å². The third-order valence-corrected chi connectivity index (χ3v) is 5.44. The highest BCUT2D eigenvalue weighted by molar-refractivity contribution is 7.82. The summed E-state index contributed by atoms with van der Waals surface area (Å²) in [5.41, 5.74) is 0.130. The van der Waals surface area contributed by atoms with Gasteiger partial charge in [0.05, 0.1) is 5.52 Å². The Labute approximate surface area is 159 Å². The number of fused-ring (bicyclic) bond motifs is 1. The number of amides is 1. The summed E-state index contributed by atoms with van der Waals surface area (Å²) in [6, 6.07) is 5.21. The lowest BCUT2D eigenvalue weighted by atomic mass is 10.2. The van der Waals surface area contributed by atoms with Gasteiger partial charge in [-0.1, -0.05) is 11.6 Å². The number of hydrogen-bond acceptors (Lipinski definition) is 5. The summed E-state index contributed by atoms with van der Waals surface area (Å²) in [5, 5.41) is 1.65. The van der Waals surface area contributed by atoms with Gasteiger partial charge in [-0.05, 0) is 32.9 Å². The van der Waals surface area contributed by atoms with Crippen LogP contribution >= 0.6 is 11.6 Å². The van der Waals surface area contributed by atoms with Crippen molar-refractivity contribution >= 4 is 39.6 Å². The van der Waals surface area contributed by atoms with Gasteiger partial charge in [-0.2, -0.15) is 0 Å². The van der Waals surface area contributed by atoms with Gasteiger partial charge < -0.3 is 9.64 Å². The summed E-state index contributed by atoms with van der Waals surface area (Å²) in [6.07, 6.45) is 1.30. The van der Waals surface area contributed by atoms with Crippen LogP contribution in [0.4, 0.5) is 4.79 Å². The van der Waals surface area contributed by atoms with Gasteiger partial charge >= 0.3 is 6.09 Å². The molecule has 0 spiro atoms. The van der Waals surface area contributed by atoms with E-state index in [1.54, 1.807) is 27.5 Å². The van der Waals surface area contributed by atoms with Gasteiger partial charge in [0, 0.05) is 43.8 Å². The van der Waals surface area contributed by atoms with Gasteiger partial charge in [0.1, 0.15) is 26.8 Å². The minimum atomic E-state index is -1.40. The van der Waals surface area contributed by atoms with E-state index >= 15 is 0 Å². The van der Waals surface area contributed by atoms with Gasteiger partial charge in [-0.3, -0.25) is 0 Å². The van der Waals surface area contributed by atoms with Gasteiger partial charge in [0.2, 0.25) is 0 Å². The summed E-state index contributed by atoms with van der Waals surface area (Å²) in [7, 11) is -1.40. The van der Waals surface area contributed by atoms with E-state index in [0.717, 1.165) is 5.39 Å². The van der Waals surface area contributed by atoms with E-state index in [0.29, 0.717) is 41.9 Å². The van der Waals surface area contributed by atoms with E-state index in [4.69, 9.17) is 16.3 Å². The zero-order valence-corrected chi connectivity index (χ0v) is 16.5. The molecule has 1 amide bonds. The monoisotopic (exact) mass is 396 g/mol. The minimum absolute atomic E-state index is 0.339. The number of nitrogens with zero attached hydrogens (tertiary/aromatic N) is 4.